The summed E-state index contributed by atoms with van der Waals surface area (Å²) in [6.07, 6.45) is 1.81. The normalized spacial score (nSPS) is 11.3. The van der Waals surface area contributed by atoms with Gasteiger partial charge in [0, 0.05) is 28.6 Å². The number of pyridine rings is 1. The predicted octanol–water partition coefficient (Wildman–Crippen LogP) is 4.51. The number of benzene rings is 1. The molecule has 0 atom stereocenters. The van der Waals surface area contributed by atoms with Gasteiger partial charge in [-0.2, -0.15) is 0 Å². The van der Waals surface area contributed by atoms with Crippen molar-refractivity contribution < 1.29 is 4.52 Å². The topological polar surface area (TPSA) is 67.6 Å². The van der Waals surface area contributed by atoms with Crippen molar-refractivity contribution >= 4 is 11.0 Å². The van der Waals surface area contributed by atoms with Gasteiger partial charge in [-0.3, -0.25) is 4.98 Å². The summed E-state index contributed by atoms with van der Waals surface area (Å²) in [5, 5.41) is 4.08. The molecule has 0 fully saturated rings. The van der Waals surface area contributed by atoms with Gasteiger partial charge in [-0.15, -0.1) is 0 Å². The highest BCUT2D eigenvalue weighted by Crippen LogP contribution is 2.36. The van der Waals surface area contributed by atoms with Gasteiger partial charge in [-0.25, -0.2) is 4.98 Å². The van der Waals surface area contributed by atoms with E-state index in [-0.39, 0.29) is 0 Å². The third-order valence-corrected chi connectivity index (χ3v) is 4.32. The quantitative estimate of drug-likeness (QED) is 0.590. The van der Waals surface area contributed by atoms with Crippen molar-refractivity contribution in [1.29, 1.82) is 0 Å². The van der Waals surface area contributed by atoms with Gasteiger partial charge in [0.2, 0.25) is 0 Å². The van der Waals surface area contributed by atoms with Crippen LogP contribution in [0.3, 0.4) is 0 Å². The van der Waals surface area contributed by atoms with E-state index in [4.69, 9.17) is 4.52 Å². The fraction of sp³-hybridized carbons (Fsp3) is 0.211. The van der Waals surface area contributed by atoms with Crippen molar-refractivity contribution in [3.8, 4) is 22.3 Å². The van der Waals surface area contributed by atoms with Crippen molar-refractivity contribution in [1.82, 2.24) is 20.1 Å². The van der Waals surface area contributed by atoms with Gasteiger partial charge >= 0.3 is 0 Å². The van der Waals surface area contributed by atoms with E-state index in [1.165, 1.54) is 0 Å². The monoisotopic (exact) mass is 318 g/mol. The zero-order valence-electron chi connectivity index (χ0n) is 14.1. The van der Waals surface area contributed by atoms with Crippen LogP contribution in [-0.4, -0.2) is 20.1 Å². The average Bonchev–Trinajstić information content (AvgIpc) is 3.08. The fourth-order valence-electron chi connectivity index (χ4n) is 3.25. The van der Waals surface area contributed by atoms with Crippen LogP contribution in [0.15, 0.2) is 35.0 Å². The van der Waals surface area contributed by atoms with E-state index in [1.54, 1.807) is 0 Å². The third-order valence-electron chi connectivity index (χ3n) is 4.32. The average molecular weight is 318 g/mol. The maximum Gasteiger partial charge on any atom is 0.141 e. The molecule has 0 radical (unpaired) electrons. The lowest BCUT2D eigenvalue weighted by atomic mass is 9.96. The molecule has 1 N–H and O–H groups in total. The lowest BCUT2D eigenvalue weighted by molar-refractivity contribution is 0.393. The molecule has 120 valence electrons. The fourth-order valence-corrected chi connectivity index (χ4v) is 3.25. The standard InChI is InChI=1S/C19H18N4O/c1-10-15(6-5-7-20-10)16-8-14(18-11(2)23-24-12(18)3)9-17-19(16)22-13(4)21-17/h5-9H,1-4H3,(H,21,22). The van der Waals surface area contributed by atoms with E-state index in [9.17, 15) is 0 Å². The minimum absolute atomic E-state index is 0.817. The van der Waals surface area contributed by atoms with Crippen molar-refractivity contribution in [3.05, 3.63) is 53.4 Å². The van der Waals surface area contributed by atoms with Crippen LogP contribution in [0.25, 0.3) is 33.3 Å². The molecule has 3 aromatic heterocycles. The molecular formula is C19H18N4O. The Morgan fingerprint density at radius 3 is 2.54 bits per heavy atom. The molecular weight excluding hydrogens is 300 g/mol. The number of aromatic nitrogens is 4. The molecule has 4 rings (SSSR count). The summed E-state index contributed by atoms with van der Waals surface area (Å²) < 4.78 is 5.35. The summed E-state index contributed by atoms with van der Waals surface area (Å²) >= 11 is 0. The minimum atomic E-state index is 0.817. The molecule has 0 aliphatic rings. The molecule has 0 bridgehead atoms. The van der Waals surface area contributed by atoms with Gasteiger partial charge in [0.05, 0.1) is 16.7 Å². The number of hydrogen-bond donors (Lipinski definition) is 1. The Hall–Kier alpha value is -2.95. The van der Waals surface area contributed by atoms with Crippen LogP contribution in [0, 0.1) is 27.7 Å². The number of imidazole rings is 1. The Morgan fingerprint density at radius 2 is 1.83 bits per heavy atom. The molecule has 0 aliphatic heterocycles. The van der Waals surface area contributed by atoms with Crippen LogP contribution >= 0.6 is 0 Å². The Morgan fingerprint density at radius 1 is 1.00 bits per heavy atom. The number of nitrogens with zero attached hydrogens (tertiary/aromatic N) is 3. The van der Waals surface area contributed by atoms with E-state index in [0.29, 0.717) is 0 Å². The summed E-state index contributed by atoms with van der Waals surface area (Å²) in [6, 6.07) is 8.30. The van der Waals surface area contributed by atoms with Gasteiger partial charge < -0.3 is 9.51 Å². The molecule has 1 aromatic carbocycles. The molecule has 3 heterocycles. The molecule has 0 amide bonds. The summed E-state index contributed by atoms with van der Waals surface area (Å²) in [4.78, 5) is 12.5. The SMILES string of the molecule is Cc1nc2c(-c3cccnc3C)cc(-c3c(C)noc3C)cc2[nH]1. The van der Waals surface area contributed by atoms with Gasteiger partial charge in [-0.05, 0) is 51.5 Å². The first-order chi connectivity index (χ1) is 11.5. The summed E-state index contributed by atoms with van der Waals surface area (Å²) in [5.41, 5.74) is 8.09. The minimum Gasteiger partial charge on any atom is -0.361 e. The molecule has 0 spiro atoms. The zero-order chi connectivity index (χ0) is 16.8. The highest BCUT2D eigenvalue weighted by molar-refractivity contribution is 5.96. The smallest absolute Gasteiger partial charge is 0.141 e. The molecule has 0 saturated carbocycles. The Bertz CT molecular complexity index is 1040. The number of aromatic amines is 1. The molecule has 0 aliphatic carbocycles. The second-order valence-electron chi connectivity index (χ2n) is 6.08. The van der Waals surface area contributed by atoms with Crippen molar-refractivity contribution in [3.63, 3.8) is 0 Å². The molecule has 5 nitrogen and oxygen atoms in total. The Labute approximate surface area is 139 Å². The second-order valence-corrected chi connectivity index (χ2v) is 6.08. The van der Waals surface area contributed by atoms with E-state index < -0.39 is 0 Å². The van der Waals surface area contributed by atoms with Crippen LogP contribution in [0.5, 0.6) is 0 Å². The van der Waals surface area contributed by atoms with Crippen LogP contribution in [0.2, 0.25) is 0 Å². The maximum atomic E-state index is 5.35. The zero-order valence-corrected chi connectivity index (χ0v) is 14.1. The number of fused-ring (bicyclic) bond motifs is 1. The number of H-pyrrole nitrogens is 1. The van der Waals surface area contributed by atoms with Crippen LogP contribution in [0.4, 0.5) is 0 Å². The number of hydrogen-bond acceptors (Lipinski definition) is 4. The van der Waals surface area contributed by atoms with Crippen LogP contribution in [0.1, 0.15) is 23.0 Å². The van der Waals surface area contributed by atoms with Gasteiger partial charge in [0.25, 0.3) is 0 Å². The lowest BCUT2D eigenvalue weighted by Crippen LogP contribution is -1.90. The highest BCUT2D eigenvalue weighted by Gasteiger charge is 2.17. The summed E-state index contributed by atoms with van der Waals surface area (Å²) in [5.74, 6) is 1.71. The van der Waals surface area contributed by atoms with Gasteiger partial charge in [-0.1, -0.05) is 11.2 Å². The molecule has 0 unspecified atom stereocenters. The number of rotatable bonds is 2. The number of aryl methyl sites for hydroxylation is 4. The first-order valence-corrected chi connectivity index (χ1v) is 7.90. The summed E-state index contributed by atoms with van der Waals surface area (Å²) in [6.45, 7) is 7.88. The van der Waals surface area contributed by atoms with Crippen LogP contribution in [-0.2, 0) is 0 Å². The molecule has 4 aromatic rings. The van der Waals surface area contributed by atoms with Crippen molar-refractivity contribution in [2.24, 2.45) is 0 Å². The van der Waals surface area contributed by atoms with E-state index in [2.05, 4.69) is 38.3 Å². The first-order valence-electron chi connectivity index (χ1n) is 7.90. The largest absolute Gasteiger partial charge is 0.361 e. The van der Waals surface area contributed by atoms with Gasteiger partial charge in [0.15, 0.2) is 0 Å². The van der Waals surface area contributed by atoms with Crippen LogP contribution < -0.4 is 0 Å². The van der Waals surface area contributed by atoms with E-state index >= 15 is 0 Å². The van der Waals surface area contributed by atoms with Gasteiger partial charge in [0.1, 0.15) is 11.6 Å². The second kappa shape index (κ2) is 5.30. The Balaban J connectivity index is 2.07. The van der Waals surface area contributed by atoms with Crippen molar-refractivity contribution in [2.45, 2.75) is 27.7 Å². The highest BCUT2D eigenvalue weighted by atomic mass is 16.5. The lowest BCUT2D eigenvalue weighted by Gasteiger charge is -2.09. The Kier molecular flexibility index (Phi) is 3.23. The molecule has 0 saturated heterocycles. The number of nitrogens with one attached hydrogen (secondary N) is 1. The summed E-state index contributed by atoms with van der Waals surface area (Å²) in [7, 11) is 0. The van der Waals surface area contributed by atoms with E-state index in [1.807, 2.05) is 40.0 Å². The first kappa shape index (κ1) is 14.6. The van der Waals surface area contributed by atoms with Crippen molar-refractivity contribution in [2.75, 3.05) is 0 Å². The predicted molar refractivity (Wildman–Crippen MR) is 93.8 cm³/mol. The van der Waals surface area contributed by atoms with E-state index in [0.717, 1.165) is 56.3 Å². The molecule has 5 heteroatoms. The third kappa shape index (κ3) is 2.21. The maximum absolute atomic E-state index is 5.35. The molecule has 24 heavy (non-hydrogen) atoms.